The van der Waals surface area contributed by atoms with E-state index in [0.29, 0.717) is 6.04 Å². The molecule has 4 nitrogen and oxygen atoms in total. The number of carbonyl (C=O) groups excluding carboxylic acids is 1. The highest BCUT2D eigenvalue weighted by atomic mass is 16.2. The zero-order valence-electron chi connectivity index (χ0n) is 8.25. The molecule has 1 unspecified atom stereocenters. The van der Waals surface area contributed by atoms with Crippen molar-refractivity contribution in [1.82, 2.24) is 10.3 Å². The van der Waals surface area contributed by atoms with Gasteiger partial charge in [0.15, 0.2) is 0 Å². The fraction of sp³-hybridized carbons (Fsp3) is 0.889. The maximum atomic E-state index is 11.4. The van der Waals surface area contributed by atoms with Crippen LogP contribution in [-0.4, -0.2) is 23.5 Å². The first-order valence-electron chi connectivity index (χ1n) is 5.06. The fourth-order valence-corrected chi connectivity index (χ4v) is 1.95. The van der Waals surface area contributed by atoms with Crippen molar-refractivity contribution in [3.63, 3.8) is 0 Å². The molecule has 1 aliphatic rings. The van der Waals surface area contributed by atoms with Crippen LogP contribution in [0.4, 0.5) is 4.79 Å². The summed E-state index contributed by atoms with van der Waals surface area (Å²) in [5.41, 5.74) is 2.21. The van der Waals surface area contributed by atoms with Crippen molar-refractivity contribution in [3.05, 3.63) is 0 Å². The van der Waals surface area contributed by atoms with E-state index in [-0.39, 0.29) is 6.03 Å². The molecule has 4 heteroatoms. The van der Waals surface area contributed by atoms with E-state index in [9.17, 15) is 4.79 Å². The molecular formula is C9H19N3O. The van der Waals surface area contributed by atoms with Crippen LogP contribution in [0, 0.1) is 0 Å². The Morgan fingerprint density at radius 3 is 2.92 bits per heavy atom. The lowest BCUT2D eigenvalue weighted by atomic mass is 10.1. The van der Waals surface area contributed by atoms with E-state index in [4.69, 9.17) is 5.84 Å². The van der Waals surface area contributed by atoms with Crippen LogP contribution in [0.25, 0.3) is 0 Å². The number of hydrogen-bond donors (Lipinski definition) is 2. The first-order valence-corrected chi connectivity index (χ1v) is 5.06. The molecule has 13 heavy (non-hydrogen) atoms. The zero-order valence-corrected chi connectivity index (χ0v) is 8.25. The summed E-state index contributed by atoms with van der Waals surface area (Å²) < 4.78 is 0. The highest BCUT2D eigenvalue weighted by molar-refractivity contribution is 5.73. The number of nitrogens with two attached hydrogens (primary N) is 1. The lowest BCUT2D eigenvalue weighted by Gasteiger charge is -2.28. The number of rotatable bonds is 1. The van der Waals surface area contributed by atoms with E-state index in [1.807, 2.05) is 4.90 Å². The molecule has 0 aromatic rings. The SMILES string of the molecule is CCC1CCCCCN1C(=O)NN. The number of nitrogens with zero attached hydrogens (tertiary/aromatic N) is 1. The van der Waals surface area contributed by atoms with Gasteiger partial charge in [-0.25, -0.2) is 10.6 Å². The molecule has 1 atom stereocenters. The molecule has 0 bridgehead atoms. The quantitative estimate of drug-likeness (QED) is 0.366. The van der Waals surface area contributed by atoms with Gasteiger partial charge in [-0.3, -0.25) is 5.43 Å². The predicted octanol–water partition coefficient (Wildman–Crippen LogP) is 1.22. The molecule has 0 saturated carbocycles. The molecule has 1 aliphatic heterocycles. The van der Waals surface area contributed by atoms with Crippen LogP contribution in [0.2, 0.25) is 0 Å². The molecule has 3 N–H and O–H groups in total. The number of likely N-dealkylation sites (tertiary alicyclic amines) is 1. The highest BCUT2D eigenvalue weighted by Crippen LogP contribution is 2.18. The average Bonchev–Trinajstić information content (AvgIpc) is 2.41. The van der Waals surface area contributed by atoms with Crippen LogP contribution in [0.1, 0.15) is 39.0 Å². The van der Waals surface area contributed by atoms with Crippen molar-refractivity contribution in [2.45, 2.75) is 45.1 Å². The van der Waals surface area contributed by atoms with Gasteiger partial charge in [0.2, 0.25) is 0 Å². The standard InChI is InChI=1S/C9H19N3O/c1-2-8-6-4-3-5-7-12(8)9(13)11-10/h8H,2-7,10H2,1H3,(H,11,13). The van der Waals surface area contributed by atoms with Gasteiger partial charge < -0.3 is 4.90 Å². The normalized spacial score (nSPS) is 23.8. The molecule has 1 rings (SSSR count). The molecule has 0 spiro atoms. The van der Waals surface area contributed by atoms with Gasteiger partial charge in [0.1, 0.15) is 0 Å². The summed E-state index contributed by atoms with van der Waals surface area (Å²) in [6.45, 7) is 2.97. The summed E-state index contributed by atoms with van der Waals surface area (Å²) in [7, 11) is 0. The van der Waals surface area contributed by atoms with Crippen molar-refractivity contribution in [1.29, 1.82) is 0 Å². The first-order chi connectivity index (χ1) is 6.29. The summed E-state index contributed by atoms with van der Waals surface area (Å²) in [4.78, 5) is 13.2. The molecular weight excluding hydrogens is 166 g/mol. The lowest BCUT2D eigenvalue weighted by Crippen LogP contribution is -2.48. The van der Waals surface area contributed by atoms with Crippen molar-refractivity contribution in [2.75, 3.05) is 6.54 Å². The molecule has 0 radical (unpaired) electrons. The van der Waals surface area contributed by atoms with Crippen LogP contribution >= 0.6 is 0 Å². The van der Waals surface area contributed by atoms with Gasteiger partial charge in [-0.05, 0) is 19.3 Å². The monoisotopic (exact) mass is 185 g/mol. The first kappa shape index (κ1) is 10.3. The van der Waals surface area contributed by atoms with Crippen LogP contribution in [0.5, 0.6) is 0 Å². The van der Waals surface area contributed by atoms with Crippen molar-refractivity contribution >= 4 is 6.03 Å². The van der Waals surface area contributed by atoms with Gasteiger partial charge in [0.05, 0.1) is 0 Å². The second-order valence-electron chi connectivity index (χ2n) is 3.55. The van der Waals surface area contributed by atoms with Gasteiger partial charge in [0, 0.05) is 12.6 Å². The Labute approximate surface area is 79.4 Å². The smallest absolute Gasteiger partial charge is 0.321 e. The molecule has 1 heterocycles. The fourth-order valence-electron chi connectivity index (χ4n) is 1.95. The third kappa shape index (κ3) is 2.59. The van der Waals surface area contributed by atoms with E-state index in [2.05, 4.69) is 12.3 Å². The van der Waals surface area contributed by atoms with Gasteiger partial charge in [-0.15, -0.1) is 0 Å². The lowest BCUT2D eigenvalue weighted by molar-refractivity contribution is 0.174. The Morgan fingerprint density at radius 2 is 2.31 bits per heavy atom. The number of carbonyl (C=O) groups is 1. The minimum atomic E-state index is -0.131. The minimum Gasteiger partial charge on any atom is -0.321 e. The number of urea groups is 1. The van der Waals surface area contributed by atoms with E-state index < -0.39 is 0 Å². The third-order valence-electron chi connectivity index (χ3n) is 2.73. The van der Waals surface area contributed by atoms with E-state index in [1.54, 1.807) is 0 Å². The van der Waals surface area contributed by atoms with Gasteiger partial charge in [-0.1, -0.05) is 19.8 Å². The maximum absolute atomic E-state index is 11.4. The largest absolute Gasteiger partial charge is 0.331 e. The van der Waals surface area contributed by atoms with Crippen LogP contribution in [-0.2, 0) is 0 Å². The predicted molar refractivity (Wildman–Crippen MR) is 52.0 cm³/mol. The number of nitrogens with one attached hydrogen (secondary N) is 1. The van der Waals surface area contributed by atoms with Gasteiger partial charge in [0.25, 0.3) is 0 Å². The Balaban J connectivity index is 2.58. The molecule has 0 aliphatic carbocycles. The Bertz CT molecular complexity index is 172. The summed E-state index contributed by atoms with van der Waals surface area (Å²) in [5, 5.41) is 0. The van der Waals surface area contributed by atoms with E-state index in [0.717, 1.165) is 25.8 Å². The number of hydrazine groups is 1. The maximum Gasteiger partial charge on any atom is 0.331 e. The van der Waals surface area contributed by atoms with Gasteiger partial charge >= 0.3 is 6.03 Å². The summed E-state index contributed by atoms with van der Waals surface area (Å²) >= 11 is 0. The molecule has 76 valence electrons. The Kier molecular flexibility index (Phi) is 4.02. The van der Waals surface area contributed by atoms with E-state index in [1.165, 1.54) is 12.8 Å². The van der Waals surface area contributed by atoms with E-state index >= 15 is 0 Å². The third-order valence-corrected chi connectivity index (χ3v) is 2.73. The molecule has 2 amide bonds. The Morgan fingerprint density at radius 1 is 1.54 bits per heavy atom. The summed E-state index contributed by atoms with van der Waals surface area (Å²) in [6.07, 6.45) is 5.69. The molecule has 1 saturated heterocycles. The minimum absolute atomic E-state index is 0.131. The van der Waals surface area contributed by atoms with Crippen molar-refractivity contribution in [3.8, 4) is 0 Å². The van der Waals surface area contributed by atoms with Gasteiger partial charge in [-0.2, -0.15) is 0 Å². The molecule has 0 aromatic heterocycles. The Hall–Kier alpha value is -0.770. The van der Waals surface area contributed by atoms with Crippen LogP contribution in [0.3, 0.4) is 0 Å². The second kappa shape index (κ2) is 5.07. The topological polar surface area (TPSA) is 58.4 Å². The number of amides is 2. The summed E-state index contributed by atoms with van der Waals surface area (Å²) in [5.74, 6) is 5.13. The van der Waals surface area contributed by atoms with Crippen LogP contribution in [0.15, 0.2) is 0 Å². The van der Waals surface area contributed by atoms with Crippen molar-refractivity contribution in [2.24, 2.45) is 5.84 Å². The molecule has 0 aromatic carbocycles. The highest BCUT2D eigenvalue weighted by Gasteiger charge is 2.22. The average molecular weight is 185 g/mol. The molecule has 1 fully saturated rings. The summed E-state index contributed by atoms with van der Waals surface area (Å²) in [6, 6.07) is 0.250. The zero-order chi connectivity index (χ0) is 9.68. The van der Waals surface area contributed by atoms with Crippen LogP contribution < -0.4 is 11.3 Å². The second-order valence-corrected chi connectivity index (χ2v) is 3.55. The number of hydrogen-bond acceptors (Lipinski definition) is 2. The van der Waals surface area contributed by atoms with Crippen molar-refractivity contribution < 1.29 is 4.79 Å².